The third-order valence-corrected chi connectivity index (χ3v) is 5.63. The van der Waals surface area contributed by atoms with E-state index < -0.39 is 11.9 Å². The van der Waals surface area contributed by atoms with Crippen LogP contribution in [0.1, 0.15) is 66.8 Å². The Balaban J connectivity index is 1.50. The first-order valence-corrected chi connectivity index (χ1v) is 10.8. The molecular formula is C23H30N4O4. The summed E-state index contributed by atoms with van der Waals surface area (Å²) in [5.41, 5.74) is 4.21. The van der Waals surface area contributed by atoms with E-state index in [-0.39, 0.29) is 24.6 Å². The minimum atomic E-state index is -0.948. The Labute approximate surface area is 182 Å². The van der Waals surface area contributed by atoms with Crippen molar-refractivity contribution < 1.29 is 19.4 Å². The van der Waals surface area contributed by atoms with E-state index >= 15 is 0 Å². The van der Waals surface area contributed by atoms with E-state index in [0.29, 0.717) is 12.0 Å². The summed E-state index contributed by atoms with van der Waals surface area (Å²) < 4.78 is 4.94. The molecule has 0 aromatic carbocycles. The summed E-state index contributed by atoms with van der Waals surface area (Å²) in [6, 6.07) is 2.44. The number of rotatable bonds is 11. The van der Waals surface area contributed by atoms with Gasteiger partial charge in [0, 0.05) is 43.4 Å². The maximum atomic E-state index is 12.5. The number of aryl methyl sites for hydroxylation is 3. The topological polar surface area (TPSA) is 114 Å². The zero-order valence-corrected chi connectivity index (χ0v) is 18.2. The molecule has 0 fully saturated rings. The summed E-state index contributed by atoms with van der Waals surface area (Å²) in [4.78, 5) is 36.6. The number of carbonyl (C=O) groups excluding carboxylic acids is 1. The van der Waals surface area contributed by atoms with Crippen LogP contribution in [0.5, 0.6) is 6.01 Å². The molecule has 31 heavy (non-hydrogen) atoms. The monoisotopic (exact) mass is 426 g/mol. The number of ketones is 1. The number of aliphatic carboxylic acids is 1. The molecule has 0 aliphatic carbocycles. The number of nitrogens with one attached hydrogen (secondary N) is 1. The molecule has 2 aromatic rings. The van der Waals surface area contributed by atoms with Crippen molar-refractivity contribution >= 4 is 17.6 Å². The molecule has 2 N–H and O–H groups in total. The largest absolute Gasteiger partial charge is 0.481 e. The molecule has 3 heterocycles. The molecular weight excluding hydrogens is 396 g/mol. The van der Waals surface area contributed by atoms with Gasteiger partial charge in [0.1, 0.15) is 11.6 Å². The summed E-state index contributed by atoms with van der Waals surface area (Å²) in [7, 11) is 1.46. The van der Waals surface area contributed by atoms with Crippen LogP contribution in [-0.4, -0.2) is 45.5 Å². The molecule has 0 amide bonds. The van der Waals surface area contributed by atoms with Gasteiger partial charge in [-0.05, 0) is 55.7 Å². The highest BCUT2D eigenvalue weighted by molar-refractivity contribution is 5.80. The van der Waals surface area contributed by atoms with Crippen LogP contribution in [0, 0.1) is 6.92 Å². The van der Waals surface area contributed by atoms with Crippen molar-refractivity contribution in [3.05, 3.63) is 40.8 Å². The summed E-state index contributed by atoms with van der Waals surface area (Å²) in [6.07, 6.45) is 8.19. The predicted molar refractivity (Wildman–Crippen MR) is 117 cm³/mol. The van der Waals surface area contributed by atoms with Crippen LogP contribution in [0.2, 0.25) is 0 Å². The zero-order chi connectivity index (χ0) is 22.2. The number of Topliss-reactive ketones (excluding diaryl/α,β-unsaturated/α-hetero) is 1. The Morgan fingerprint density at radius 1 is 1.23 bits per heavy atom. The van der Waals surface area contributed by atoms with E-state index in [1.54, 1.807) is 0 Å². The third kappa shape index (κ3) is 6.47. The van der Waals surface area contributed by atoms with Gasteiger partial charge < -0.3 is 15.2 Å². The van der Waals surface area contributed by atoms with Gasteiger partial charge in [0.15, 0.2) is 0 Å². The summed E-state index contributed by atoms with van der Waals surface area (Å²) >= 11 is 0. The maximum absolute atomic E-state index is 12.5. The molecule has 2 aromatic heterocycles. The number of aromatic nitrogens is 3. The second-order valence-electron chi connectivity index (χ2n) is 8.04. The molecule has 0 unspecified atom stereocenters. The lowest BCUT2D eigenvalue weighted by molar-refractivity contribution is -0.137. The van der Waals surface area contributed by atoms with E-state index in [0.717, 1.165) is 50.2 Å². The number of hydrogen-bond acceptors (Lipinski definition) is 7. The lowest BCUT2D eigenvalue weighted by Crippen LogP contribution is -2.15. The van der Waals surface area contributed by atoms with E-state index in [9.17, 15) is 14.7 Å². The van der Waals surface area contributed by atoms with Crippen LogP contribution in [0.25, 0.3) is 0 Å². The SMILES string of the molecule is COc1ncc([C@H](CC(=O)O)CC(=O)CCCCc2nc3c(cc2C)CCCN3)cn1. The van der Waals surface area contributed by atoms with Crippen LogP contribution >= 0.6 is 0 Å². The summed E-state index contributed by atoms with van der Waals surface area (Å²) in [5, 5.41) is 12.6. The number of hydrogen-bond donors (Lipinski definition) is 2. The maximum Gasteiger partial charge on any atom is 0.316 e. The fraction of sp³-hybridized carbons (Fsp3) is 0.522. The quantitative estimate of drug-likeness (QED) is 0.525. The number of pyridine rings is 1. The van der Waals surface area contributed by atoms with Crippen molar-refractivity contribution in [2.24, 2.45) is 0 Å². The first-order valence-electron chi connectivity index (χ1n) is 10.8. The number of anilines is 1. The van der Waals surface area contributed by atoms with Gasteiger partial charge in [0.2, 0.25) is 0 Å². The van der Waals surface area contributed by atoms with Crippen molar-refractivity contribution in [2.45, 2.75) is 64.2 Å². The van der Waals surface area contributed by atoms with Gasteiger partial charge >= 0.3 is 12.0 Å². The van der Waals surface area contributed by atoms with E-state index in [4.69, 9.17) is 9.72 Å². The van der Waals surface area contributed by atoms with Crippen LogP contribution in [0.15, 0.2) is 18.5 Å². The Morgan fingerprint density at radius 2 is 2.00 bits per heavy atom. The third-order valence-electron chi connectivity index (χ3n) is 5.63. The zero-order valence-electron chi connectivity index (χ0n) is 18.2. The molecule has 1 aliphatic heterocycles. The standard InChI is InChI=1S/C23H30N4O4/c1-15-10-16-6-5-9-24-22(16)27-20(15)8-4-3-7-19(28)11-17(12-21(29)30)18-13-25-23(31-2)26-14-18/h10,13-14,17H,3-9,11-12H2,1-2H3,(H,24,27)(H,29,30)/t17-/m0/s1. The molecule has 8 nitrogen and oxygen atoms in total. The lowest BCUT2D eigenvalue weighted by Gasteiger charge is -2.19. The molecule has 1 aliphatic rings. The first-order chi connectivity index (χ1) is 15.0. The minimum Gasteiger partial charge on any atom is -0.481 e. The molecule has 0 radical (unpaired) electrons. The molecule has 3 rings (SSSR count). The van der Waals surface area contributed by atoms with Gasteiger partial charge in [0.05, 0.1) is 13.5 Å². The molecule has 1 atom stereocenters. The van der Waals surface area contributed by atoms with Crippen molar-refractivity contribution in [3.8, 4) is 6.01 Å². The number of carbonyl (C=O) groups is 2. The highest BCUT2D eigenvalue weighted by Gasteiger charge is 2.20. The fourth-order valence-electron chi connectivity index (χ4n) is 3.94. The van der Waals surface area contributed by atoms with Gasteiger partial charge in [-0.2, -0.15) is 0 Å². The van der Waals surface area contributed by atoms with Gasteiger partial charge in [0.25, 0.3) is 0 Å². The minimum absolute atomic E-state index is 0.0545. The van der Waals surface area contributed by atoms with E-state index in [2.05, 4.69) is 28.3 Å². The van der Waals surface area contributed by atoms with Crippen LogP contribution in [0.3, 0.4) is 0 Å². The van der Waals surface area contributed by atoms with Crippen molar-refractivity contribution in [1.82, 2.24) is 15.0 Å². The number of fused-ring (bicyclic) bond motifs is 1. The normalized spacial score (nSPS) is 13.7. The Hall–Kier alpha value is -3.03. The molecule has 8 heteroatoms. The van der Waals surface area contributed by atoms with E-state index in [1.165, 1.54) is 30.6 Å². The average molecular weight is 427 g/mol. The van der Waals surface area contributed by atoms with Crippen molar-refractivity contribution in [1.29, 1.82) is 0 Å². The fourth-order valence-corrected chi connectivity index (χ4v) is 3.94. The highest BCUT2D eigenvalue weighted by Crippen LogP contribution is 2.26. The second-order valence-corrected chi connectivity index (χ2v) is 8.04. The molecule has 0 spiro atoms. The number of methoxy groups -OCH3 is 1. The Kier molecular flexibility index (Phi) is 7.92. The van der Waals surface area contributed by atoms with Gasteiger partial charge in [-0.15, -0.1) is 0 Å². The second kappa shape index (κ2) is 10.8. The van der Waals surface area contributed by atoms with Crippen molar-refractivity contribution in [3.63, 3.8) is 0 Å². The lowest BCUT2D eigenvalue weighted by atomic mass is 9.91. The smallest absolute Gasteiger partial charge is 0.316 e. The van der Waals surface area contributed by atoms with Crippen molar-refractivity contribution in [2.75, 3.05) is 19.0 Å². The number of carboxylic acids is 1. The van der Waals surface area contributed by atoms with Gasteiger partial charge in [-0.1, -0.05) is 6.07 Å². The van der Waals surface area contributed by atoms with E-state index in [1.807, 2.05) is 0 Å². The van der Waals surface area contributed by atoms with Crippen LogP contribution in [0.4, 0.5) is 5.82 Å². The average Bonchev–Trinajstić information content (AvgIpc) is 2.76. The number of ether oxygens (including phenoxy) is 1. The van der Waals surface area contributed by atoms with Crippen LogP contribution < -0.4 is 10.1 Å². The predicted octanol–water partition coefficient (Wildman–Crippen LogP) is 3.48. The molecule has 0 saturated heterocycles. The van der Waals surface area contributed by atoms with Gasteiger partial charge in [-0.3, -0.25) is 9.59 Å². The number of nitrogens with zero attached hydrogens (tertiary/aromatic N) is 3. The molecule has 166 valence electrons. The highest BCUT2D eigenvalue weighted by atomic mass is 16.5. The summed E-state index contributed by atoms with van der Waals surface area (Å²) in [5.74, 6) is -0.331. The molecule has 0 bridgehead atoms. The summed E-state index contributed by atoms with van der Waals surface area (Å²) in [6.45, 7) is 3.06. The Morgan fingerprint density at radius 3 is 2.71 bits per heavy atom. The molecule has 0 saturated carbocycles. The number of unbranched alkanes of at least 4 members (excludes halogenated alkanes) is 1. The van der Waals surface area contributed by atoms with Gasteiger partial charge in [-0.25, -0.2) is 15.0 Å². The Bertz CT molecular complexity index is 915. The number of carboxylic acid groups (broad SMARTS) is 1. The van der Waals surface area contributed by atoms with Crippen LogP contribution in [-0.2, 0) is 22.4 Å². The first kappa shape index (κ1) is 22.7.